The summed E-state index contributed by atoms with van der Waals surface area (Å²) in [7, 11) is 0. The normalized spacial score (nSPS) is 10.2. The first kappa shape index (κ1) is 13.8. The first-order chi connectivity index (χ1) is 9.06. The summed E-state index contributed by atoms with van der Waals surface area (Å²) in [6, 6.07) is 11.9. The van der Waals surface area contributed by atoms with Gasteiger partial charge in [0, 0.05) is 33.9 Å². The van der Waals surface area contributed by atoms with Crippen molar-refractivity contribution in [1.29, 1.82) is 0 Å². The highest BCUT2D eigenvalue weighted by Crippen LogP contribution is 2.23. The fourth-order valence-corrected chi connectivity index (χ4v) is 2.20. The average Bonchev–Trinajstić information content (AvgIpc) is 2.40. The topological polar surface area (TPSA) is 55.2 Å². The van der Waals surface area contributed by atoms with Gasteiger partial charge in [0.25, 0.3) is 5.69 Å². The summed E-state index contributed by atoms with van der Waals surface area (Å²) in [4.78, 5) is 10.3. The number of hydrogen-bond donors (Lipinski definition) is 1. The zero-order valence-corrected chi connectivity index (χ0v) is 12.1. The molecule has 6 heteroatoms. The highest BCUT2D eigenvalue weighted by molar-refractivity contribution is 9.10. The van der Waals surface area contributed by atoms with E-state index in [1.165, 1.54) is 12.1 Å². The molecule has 0 aliphatic heterocycles. The summed E-state index contributed by atoms with van der Waals surface area (Å²) in [5.41, 5.74) is 1.66. The third kappa shape index (κ3) is 3.68. The van der Waals surface area contributed by atoms with Gasteiger partial charge in [-0.15, -0.1) is 0 Å². The van der Waals surface area contributed by atoms with Gasteiger partial charge in [-0.05, 0) is 29.8 Å². The van der Waals surface area contributed by atoms with Gasteiger partial charge in [-0.1, -0.05) is 33.6 Å². The number of benzene rings is 2. The van der Waals surface area contributed by atoms with E-state index in [1.807, 2.05) is 12.1 Å². The van der Waals surface area contributed by atoms with Crippen molar-refractivity contribution in [1.82, 2.24) is 0 Å². The molecule has 0 radical (unpaired) electrons. The zero-order valence-electron chi connectivity index (χ0n) is 9.77. The Balaban J connectivity index is 2.12. The van der Waals surface area contributed by atoms with E-state index in [2.05, 4.69) is 21.2 Å². The molecule has 2 aromatic carbocycles. The van der Waals surface area contributed by atoms with Crippen LogP contribution in [0.4, 0.5) is 11.4 Å². The lowest BCUT2D eigenvalue weighted by Gasteiger charge is -2.08. The van der Waals surface area contributed by atoms with E-state index in [4.69, 9.17) is 11.6 Å². The predicted octanol–water partition coefficient (Wildman–Crippen LogP) is 4.62. The Kier molecular flexibility index (Phi) is 4.39. The minimum atomic E-state index is -0.419. The smallest absolute Gasteiger partial charge is 0.271 e. The van der Waals surface area contributed by atoms with Crippen molar-refractivity contribution in [3.8, 4) is 0 Å². The monoisotopic (exact) mass is 340 g/mol. The Hall–Kier alpha value is -1.59. The molecule has 98 valence electrons. The maximum atomic E-state index is 10.7. The van der Waals surface area contributed by atoms with Crippen molar-refractivity contribution in [2.45, 2.75) is 6.54 Å². The van der Waals surface area contributed by atoms with Crippen LogP contribution in [0.3, 0.4) is 0 Å². The maximum Gasteiger partial charge on any atom is 0.271 e. The Morgan fingerprint density at radius 1 is 1.26 bits per heavy atom. The Morgan fingerprint density at radius 2 is 2.05 bits per heavy atom. The van der Waals surface area contributed by atoms with Gasteiger partial charge >= 0.3 is 0 Å². The molecule has 0 atom stereocenters. The number of nitro benzene ring substituents is 1. The maximum absolute atomic E-state index is 10.7. The summed E-state index contributed by atoms with van der Waals surface area (Å²) >= 11 is 9.45. The van der Waals surface area contributed by atoms with Crippen molar-refractivity contribution >= 4 is 38.9 Å². The molecule has 1 N–H and O–H groups in total. The second kappa shape index (κ2) is 6.04. The van der Waals surface area contributed by atoms with Crippen LogP contribution in [-0.4, -0.2) is 4.92 Å². The van der Waals surface area contributed by atoms with E-state index >= 15 is 0 Å². The molecule has 0 amide bonds. The molecule has 19 heavy (non-hydrogen) atoms. The van der Waals surface area contributed by atoms with Crippen molar-refractivity contribution in [3.63, 3.8) is 0 Å². The molecule has 2 rings (SSSR count). The van der Waals surface area contributed by atoms with Crippen molar-refractivity contribution in [3.05, 3.63) is 67.6 Å². The van der Waals surface area contributed by atoms with Gasteiger partial charge in [-0.25, -0.2) is 0 Å². The number of nitrogens with zero attached hydrogens (tertiary/aromatic N) is 1. The molecule has 0 bridgehead atoms. The summed E-state index contributed by atoms with van der Waals surface area (Å²) < 4.78 is 0.938. The summed E-state index contributed by atoms with van der Waals surface area (Å²) in [5, 5.41) is 14.4. The van der Waals surface area contributed by atoms with Crippen LogP contribution in [0.5, 0.6) is 0 Å². The largest absolute Gasteiger partial charge is 0.381 e. The fraction of sp³-hybridized carbons (Fsp3) is 0.0769. The molecule has 0 aliphatic rings. The van der Waals surface area contributed by atoms with Crippen molar-refractivity contribution < 1.29 is 4.92 Å². The molecule has 0 saturated heterocycles. The van der Waals surface area contributed by atoms with Crippen LogP contribution < -0.4 is 5.32 Å². The van der Waals surface area contributed by atoms with Gasteiger partial charge in [0.15, 0.2) is 0 Å². The lowest BCUT2D eigenvalue weighted by molar-refractivity contribution is -0.384. The number of hydrogen-bond acceptors (Lipinski definition) is 3. The molecule has 0 heterocycles. The van der Waals surface area contributed by atoms with E-state index in [9.17, 15) is 10.1 Å². The number of halogens is 2. The highest BCUT2D eigenvalue weighted by Gasteiger charge is 2.06. The van der Waals surface area contributed by atoms with E-state index in [-0.39, 0.29) is 5.69 Å². The number of rotatable bonds is 4. The van der Waals surface area contributed by atoms with Crippen molar-refractivity contribution in [2.75, 3.05) is 5.32 Å². The molecule has 0 aliphatic carbocycles. The van der Waals surface area contributed by atoms with Gasteiger partial charge in [0.2, 0.25) is 0 Å². The zero-order chi connectivity index (χ0) is 13.8. The first-order valence-corrected chi connectivity index (χ1v) is 6.65. The van der Waals surface area contributed by atoms with Crippen LogP contribution in [0.2, 0.25) is 5.02 Å². The molecule has 0 unspecified atom stereocenters. The summed E-state index contributed by atoms with van der Waals surface area (Å²) in [6.45, 7) is 0.499. The second-order valence-corrected chi connectivity index (χ2v) is 5.22. The van der Waals surface area contributed by atoms with E-state index in [0.717, 1.165) is 10.0 Å². The van der Waals surface area contributed by atoms with Crippen LogP contribution in [-0.2, 0) is 6.54 Å². The summed E-state index contributed by atoms with van der Waals surface area (Å²) in [5.74, 6) is 0. The third-order valence-corrected chi connectivity index (χ3v) is 3.41. The van der Waals surface area contributed by atoms with Crippen LogP contribution in [0.1, 0.15) is 5.56 Å². The third-order valence-electron chi connectivity index (χ3n) is 2.55. The molecule has 4 nitrogen and oxygen atoms in total. The van der Waals surface area contributed by atoms with Gasteiger partial charge in [0.05, 0.1) is 4.92 Å². The van der Waals surface area contributed by atoms with Crippen LogP contribution in [0.15, 0.2) is 46.9 Å². The molecule has 0 aromatic heterocycles. The standard InChI is InChI=1S/C13H10BrClN2O2/c14-10-4-5-13(15)9(6-10)8-16-11-2-1-3-12(7-11)17(18)19/h1-7,16H,8H2. The first-order valence-electron chi connectivity index (χ1n) is 5.48. The number of nitrogens with one attached hydrogen (secondary N) is 1. The lowest BCUT2D eigenvalue weighted by Crippen LogP contribution is -2.00. The van der Waals surface area contributed by atoms with Crippen molar-refractivity contribution in [2.24, 2.45) is 0 Å². The van der Waals surface area contributed by atoms with Gasteiger partial charge in [-0.2, -0.15) is 0 Å². The number of nitro groups is 1. The SMILES string of the molecule is O=[N+]([O-])c1cccc(NCc2cc(Br)ccc2Cl)c1. The van der Waals surface area contributed by atoms with E-state index in [1.54, 1.807) is 18.2 Å². The molecule has 0 fully saturated rings. The molecular weight excluding hydrogens is 332 g/mol. The molecular formula is C13H10BrClN2O2. The lowest BCUT2D eigenvalue weighted by atomic mass is 10.2. The molecule has 2 aromatic rings. The van der Waals surface area contributed by atoms with E-state index < -0.39 is 4.92 Å². The van der Waals surface area contributed by atoms with Gasteiger partial charge < -0.3 is 5.32 Å². The van der Waals surface area contributed by atoms with Crippen LogP contribution >= 0.6 is 27.5 Å². The minimum absolute atomic E-state index is 0.0605. The predicted molar refractivity (Wildman–Crippen MR) is 79.6 cm³/mol. The number of anilines is 1. The Labute approximate surface area is 123 Å². The average molecular weight is 342 g/mol. The minimum Gasteiger partial charge on any atom is -0.381 e. The van der Waals surface area contributed by atoms with Crippen LogP contribution in [0, 0.1) is 10.1 Å². The van der Waals surface area contributed by atoms with Gasteiger partial charge in [0.1, 0.15) is 0 Å². The molecule has 0 saturated carbocycles. The Morgan fingerprint density at radius 3 is 2.79 bits per heavy atom. The Bertz CT molecular complexity index is 619. The fourth-order valence-electron chi connectivity index (χ4n) is 1.61. The molecule has 0 spiro atoms. The quantitative estimate of drug-likeness (QED) is 0.652. The number of non-ortho nitro benzene ring substituents is 1. The summed E-state index contributed by atoms with van der Waals surface area (Å²) in [6.07, 6.45) is 0. The highest BCUT2D eigenvalue weighted by atomic mass is 79.9. The van der Waals surface area contributed by atoms with E-state index in [0.29, 0.717) is 17.3 Å². The van der Waals surface area contributed by atoms with Crippen LogP contribution in [0.25, 0.3) is 0 Å². The second-order valence-electron chi connectivity index (χ2n) is 3.90. The van der Waals surface area contributed by atoms with Gasteiger partial charge in [-0.3, -0.25) is 10.1 Å².